The van der Waals surface area contributed by atoms with E-state index in [0.29, 0.717) is 0 Å². The second-order valence-corrected chi connectivity index (χ2v) is 3.08. The number of rotatable bonds is 2. The van der Waals surface area contributed by atoms with E-state index >= 15 is 0 Å². The molecule has 13 heavy (non-hydrogen) atoms. The summed E-state index contributed by atoms with van der Waals surface area (Å²) in [4.78, 5) is 0. The second kappa shape index (κ2) is 4.00. The van der Waals surface area contributed by atoms with E-state index < -0.39 is 11.6 Å². The van der Waals surface area contributed by atoms with Gasteiger partial charge in [0.25, 0.3) is 0 Å². The lowest BCUT2D eigenvalue weighted by molar-refractivity contribution is -0.0738. The van der Waals surface area contributed by atoms with Crippen molar-refractivity contribution in [1.29, 1.82) is 0 Å². The zero-order valence-electron chi connectivity index (χ0n) is 6.89. The van der Waals surface area contributed by atoms with Gasteiger partial charge in [0, 0.05) is 12.6 Å². The summed E-state index contributed by atoms with van der Waals surface area (Å²) in [6.45, 7) is -0.0834. The van der Waals surface area contributed by atoms with Crippen LogP contribution >= 0.6 is 11.6 Å². The first-order chi connectivity index (χ1) is 6.00. The molecule has 1 N–H and O–H groups in total. The minimum absolute atomic E-state index is 0.0619. The molecule has 72 valence electrons. The van der Waals surface area contributed by atoms with Crippen LogP contribution in [-0.4, -0.2) is 17.3 Å². The van der Waals surface area contributed by atoms with Crippen LogP contribution in [0.15, 0.2) is 12.1 Å². The van der Waals surface area contributed by atoms with Gasteiger partial charge in [0.2, 0.25) is 0 Å². The van der Waals surface area contributed by atoms with Crippen LogP contribution in [0.1, 0.15) is 5.56 Å². The molecule has 0 aromatic heterocycles. The van der Waals surface area contributed by atoms with Crippen molar-refractivity contribution in [3.63, 3.8) is 0 Å². The number of hydroxylamine groups is 2. The van der Waals surface area contributed by atoms with Crippen LogP contribution in [0.3, 0.4) is 0 Å². The van der Waals surface area contributed by atoms with E-state index in [2.05, 4.69) is 0 Å². The molecule has 1 rings (SSSR count). The lowest BCUT2D eigenvalue weighted by atomic mass is 10.2. The number of halogens is 3. The summed E-state index contributed by atoms with van der Waals surface area (Å²) in [5.74, 6) is -1.33. The van der Waals surface area contributed by atoms with Gasteiger partial charge in [-0.05, 0) is 12.1 Å². The Balaban J connectivity index is 3.01. The fraction of sp³-hybridized carbons (Fsp3) is 0.250. The summed E-state index contributed by atoms with van der Waals surface area (Å²) in [6.07, 6.45) is 0. The molecule has 0 atom stereocenters. The average Bonchev–Trinajstić information content (AvgIpc) is 1.99. The Bertz CT molecular complexity index is 317. The Labute approximate surface area is 79.3 Å². The summed E-state index contributed by atoms with van der Waals surface area (Å²) in [5.41, 5.74) is 0.0619. The third kappa shape index (κ3) is 2.62. The predicted octanol–water partition coefficient (Wildman–Crippen LogP) is 2.44. The van der Waals surface area contributed by atoms with E-state index in [1.165, 1.54) is 7.05 Å². The van der Waals surface area contributed by atoms with E-state index in [9.17, 15) is 8.78 Å². The maximum Gasteiger partial charge on any atom is 0.142 e. The van der Waals surface area contributed by atoms with Gasteiger partial charge in [-0.3, -0.25) is 0 Å². The highest BCUT2D eigenvalue weighted by Crippen LogP contribution is 2.19. The van der Waals surface area contributed by atoms with Gasteiger partial charge >= 0.3 is 0 Å². The van der Waals surface area contributed by atoms with E-state index in [1.807, 2.05) is 0 Å². The molecular weight excluding hydrogens is 200 g/mol. The molecule has 0 saturated carbocycles. The Hall–Kier alpha value is -0.710. The molecule has 5 heteroatoms. The van der Waals surface area contributed by atoms with Crippen LogP contribution in [0.2, 0.25) is 5.02 Å². The quantitative estimate of drug-likeness (QED) is 0.595. The molecule has 0 unspecified atom stereocenters. The molecule has 0 saturated heterocycles. The Morgan fingerprint density at radius 2 is 2.00 bits per heavy atom. The zero-order valence-corrected chi connectivity index (χ0v) is 7.65. The minimum atomic E-state index is -0.695. The maximum atomic E-state index is 13.0. The summed E-state index contributed by atoms with van der Waals surface area (Å²) in [6, 6.07) is 1.85. The van der Waals surface area contributed by atoms with Gasteiger partial charge in [0.15, 0.2) is 0 Å². The van der Waals surface area contributed by atoms with E-state index in [4.69, 9.17) is 16.8 Å². The van der Waals surface area contributed by atoms with Gasteiger partial charge in [0.05, 0.1) is 11.6 Å². The molecule has 0 bridgehead atoms. The summed E-state index contributed by atoms with van der Waals surface area (Å²) < 4.78 is 25.8. The highest BCUT2D eigenvalue weighted by Gasteiger charge is 2.09. The zero-order chi connectivity index (χ0) is 10.0. The fourth-order valence-electron chi connectivity index (χ4n) is 0.931. The highest BCUT2D eigenvalue weighted by molar-refractivity contribution is 6.30. The molecule has 2 nitrogen and oxygen atoms in total. The average molecular weight is 208 g/mol. The van der Waals surface area contributed by atoms with E-state index in [0.717, 1.165) is 17.2 Å². The largest absolute Gasteiger partial charge is 0.314 e. The van der Waals surface area contributed by atoms with Gasteiger partial charge < -0.3 is 5.21 Å². The molecule has 0 radical (unpaired) electrons. The molecule has 0 aliphatic carbocycles. The van der Waals surface area contributed by atoms with Gasteiger partial charge in [-0.2, -0.15) is 5.06 Å². The lowest BCUT2D eigenvalue weighted by Gasteiger charge is -2.09. The van der Waals surface area contributed by atoms with Crippen LogP contribution in [0.4, 0.5) is 8.78 Å². The molecular formula is C8H8ClF2NO. The first-order valence-corrected chi connectivity index (χ1v) is 3.92. The van der Waals surface area contributed by atoms with Crippen molar-refractivity contribution in [2.24, 2.45) is 0 Å². The van der Waals surface area contributed by atoms with Crippen LogP contribution < -0.4 is 0 Å². The van der Waals surface area contributed by atoms with E-state index in [-0.39, 0.29) is 17.1 Å². The summed E-state index contributed by atoms with van der Waals surface area (Å²) in [5, 5.41) is 9.30. The van der Waals surface area contributed by atoms with Crippen LogP contribution in [-0.2, 0) is 6.54 Å². The van der Waals surface area contributed by atoms with Crippen LogP contribution in [0, 0.1) is 11.6 Å². The van der Waals surface area contributed by atoms with Gasteiger partial charge in [0.1, 0.15) is 11.6 Å². The molecule has 1 aromatic rings. The number of hydrogen-bond donors (Lipinski definition) is 1. The van der Waals surface area contributed by atoms with Gasteiger partial charge in [-0.15, -0.1) is 0 Å². The SMILES string of the molecule is CN(O)Cc1cc(F)c(Cl)cc1F. The van der Waals surface area contributed by atoms with E-state index in [1.54, 1.807) is 0 Å². The van der Waals surface area contributed by atoms with Gasteiger partial charge in [-0.1, -0.05) is 11.6 Å². The molecule has 0 aliphatic heterocycles. The first kappa shape index (κ1) is 10.4. The first-order valence-electron chi connectivity index (χ1n) is 3.54. The normalized spacial score (nSPS) is 10.9. The molecule has 0 amide bonds. The lowest BCUT2D eigenvalue weighted by Crippen LogP contribution is -2.13. The molecule has 0 spiro atoms. The van der Waals surface area contributed by atoms with Crippen LogP contribution in [0.5, 0.6) is 0 Å². The smallest absolute Gasteiger partial charge is 0.142 e. The predicted molar refractivity (Wildman–Crippen MR) is 44.6 cm³/mol. The van der Waals surface area contributed by atoms with Crippen molar-refractivity contribution in [3.05, 3.63) is 34.4 Å². The third-order valence-corrected chi connectivity index (χ3v) is 1.78. The maximum absolute atomic E-state index is 13.0. The molecule has 1 aromatic carbocycles. The topological polar surface area (TPSA) is 23.5 Å². The third-order valence-electron chi connectivity index (χ3n) is 1.49. The number of nitrogens with zero attached hydrogens (tertiary/aromatic N) is 1. The molecule has 0 fully saturated rings. The summed E-state index contributed by atoms with van der Waals surface area (Å²) in [7, 11) is 1.34. The fourth-order valence-corrected chi connectivity index (χ4v) is 1.08. The monoisotopic (exact) mass is 207 g/mol. The Kier molecular flexibility index (Phi) is 3.19. The van der Waals surface area contributed by atoms with Crippen molar-refractivity contribution in [2.45, 2.75) is 6.54 Å². The van der Waals surface area contributed by atoms with Crippen molar-refractivity contribution in [2.75, 3.05) is 7.05 Å². The number of benzene rings is 1. The van der Waals surface area contributed by atoms with Crippen LogP contribution in [0.25, 0.3) is 0 Å². The van der Waals surface area contributed by atoms with Crippen molar-refractivity contribution < 1.29 is 14.0 Å². The molecule has 0 aliphatic rings. The Morgan fingerprint density at radius 3 is 2.54 bits per heavy atom. The highest BCUT2D eigenvalue weighted by atomic mass is 35.5. The molecule has 0 heterocycles. The second-order valence-electron chi connectivity index (χ2n) is 2.67. The standard InChI is InChI=1S/C8H8ClF2NO/c1-12(13)4-5-2-8(11)6(9)3-7(5)10/h2-3,13H,4H2,1H3. The Morgan fingerprint density at radius 1 is 1.38 bits per heavy atom. The van der Waals surface area contributed by atoms with Crippen molar-refractivity contribution in [3.8, 4) is 0 Å². The van der Waals surface area contributed by atoms with Gasteiger partial charge in [-0.25, -0.2) is 8.78 Å². The minimum Gasteiger partial charge on any atom is -0.314 e. The number of hydrogen-bond acceptors (Lipinski definition) is 2. The van der Waals surface area contributed by atoms with Crippen molar-refractivity contribution in [1.82, 2.24) is 5.06 Å². The summed E-state index contributed by atoms with van der Waals surface area (Å²) >= 11 is 5.33. The van der Waals surface area contributed by atoms with Crippen molar-refractivity contribution >= 4 is 11.6 Å².